The highest BCUT2D eigenvalue weighted by Crippen LogP contribution is 2.25. The molecule has 1 aliphatic rings. The first kappa shape index (κ1) is 19.5. The summed E-state index contributed by atoms with van der Waals surface area (Å²) >= 11 is 6.15. The molecule has 0 aromatic heterocycles. The van der Waals surface area contributed by atoms with Crippen LogP contribution >= 0.6 is 35.6 Å². The number of halogens is 2. The van der Waals surface area contributed by atoms with Gasteiger partial charge in [-0.2, -0.15) is 0 Å². The Labute approximate surface area is 155 Å². The highest BCUT2D eigenvalue weighted by atomic mass is 127. The lowest BCUT2D eigenvalue weighted by Gasteiger charge is -2.20. The Balaban J connectivity index is 0.00000242. The van der Waals surface area contributed by atoms with Crippen molar-refractivity contribution in [2.24, 2.45) is 4.99 Å². The van der Waals surface area contributed by atoms with Crippen LogP contribution in [-0.4, -0.2) is 43.6 Å². The van der Waals surface area contributed by atoms with Crippen LogP contribution in [0, 0.1) is 0 Å². The number of benzene rings is 1. The molecule has 6 heteroatoms. The molecule has 0 radical (unpaired) electrons. The number of aliphatic imine (C=N–C) groups is 1. The van der Waals surface area contributed by atoms with Gasteiger partial charge in [0.05, 0.1) is 0 Å². The molecule has 4 nitrogen and oxygen atoms in total. The minimum absolute atomic E-state index is 0. The SMILES string of the molecule is CCN(CCNC(=NC)NCc1ccccc1Cl)C1CC1.I. The highest BCUT2D eigenvalue weighted by Gasteiger charge is 2.27. The molecule has 0 spiro atoms. The standard InChI is InChI=1S/C16H25ClN4.HI/c1-3-21(14-8-9-14)11-10-19-16(18-2)20-12-13-6-4-5-7-15(13)17;/h4-7,14H,3,8-12H2,1-2H3,(H2,18,19,20);1H. The van der Waals surface area contributed by atoms with Gasteiger partial charge in [-0.3, -0.25) is 9.89 Å². The first-order valence-corrected chi connectivity index (χ1v) is 8.04. The summed E-state index contributed by atoms with van der Waals surface area (Å²) in [5.74, 6) is 0.821. The Bertz CT molecular complexity index is 477. The van der Waals surface area contributed by atoms with E-state index in [2.05, 4.69) is 27.4 Å². The van der Waals surface area contributed by atoms with Crippen molar-refractivity contribution in [3.05, 3.63) is 34.9 Å². The molecule has 0 saturated heterocycles. The van der Waals surface area contributed by atoms with Crippen molar-refractivity contribution in [3.63, 3.8) is 0 Å². The van der Waals surface area contributed by atoms with Gasteiger partial charge in [0.2, 0.25) is 0 Å². The molecule has 0 aliphatic heterocycles. The first-order chi connectivity index (χ1) is 10.2. The molecule has 1 saturated carbocycles. The molecule has 0 atom stereocenters. The number of hydrogen-bond acceptors (Lipinski definition) is 2. The van der Waals surface area contributed by atoms with Crippen LogP contribution < -0.4 is 10.6 Å². The van der Waals surface area contributed by atoms with Crippen molar-refractivity contribution in [1.29, 1.82) is 0 Å². The Morgan fingerprint density at radius 3 is 2.64 bits per heavy atom. The fraction of sp³-hybridized carbons (Fsp3) is 0.562. The van der Waals surface area contributed by atoms with Crippen LogP contribution in [0.5, 0.6) is 0 Å². The summed E-state index contributed by atoms with van der Waals surface area (Å²) < 4.78 is 0. The summed E-state index contributed by atoms with van der Waals surface area (Å²) in [5.41, 5.74) is 1.08. The Kier molecular flexibility index (Phi) is 9.12. The van der Waals surface area contributed by atoms with Crippen molar-refractivity contribution in [3.8, 4) is 0 Å². The van der Waals surface area contributed by atoms with Gasteiger partial charge in [-0.25, -0.2) is 0 Å². The minimum atomic E-state index is 0. The van der Waals surface area contributed by atoms with Crippen molar-refractivity contribution in [2.75, 3.05) is 26.7 Å². The molecule has 2 rings (SSSR count). The molecule has 0 unspecified atom stereocenters. The summed E-state index contributed by atoms with van der Waals surface area (Å²) in [6, 6.07) is 8.68. The van der Waals surface area contributed by atoms with Gasteiger partial charge in [-0.05, 0) is 31.0 Å². The van der Waals surface area contributed by atoms with E-state index in [9.17, 15) is 0 Å². The van der Waals surface area contributed by atoms with Crippen LogP contribution in [0.2, 0.25) is 5.02 Å². The van der Waals surface area contributed by atoms with E-state index in [1.54, 1.807) is 7.05 Å². The number of rotatable bonds is 7. The van der Waals surface area contributed by atoms with Gasteiger partial charge < -0.3 is 10.6 Å². The number of likely N-dealkylation sites (N-methyl/N-ethyl adjacent to an activating group) is 1. The third-order valence-corrected chi connectivity index (χ3v) is 4.16. The lowest BCUT2D eigenvalue weighted by Crippen LogP contribution is -2.41. The van der Waals surface area contributed by atoms with Crippen molar-refractivity contribution >= 4 is 41.5 Å². The Morgan fingerprint density at radius 1 is 1.32 bits per heavy atom. The van der Waals surface area contributed by atoms with Crippen LogP contribution in [0.25, 0.3) is 0 Å². The Hall–Kier alpha value is -0.530. The molecule has 22 heavy (non-hydrogen) atoms. The lowest BCUT2D eigenvalue weighted by molar-refractivity contribution is 0.282. The molecule has 124 valence electrons. The van der Waals surface area contributed by atoms with E-state index in [0.29, 0.717) is 6.54 Å². The van der Waals surface area contributed by atoms with Crippen molar-refractivity contribution < 1.29 is 0 Å². The second-order valence-electron chi connectivity index (χ2n) is 5.30. The monoisotopic (exact) mass is 436 g/mol. The van der Waals surface area contributed by atoms with Crippen molar-refractivity contribution in [1.82, 2.24) is 15.5 Å². The predicted octanol–water partition coefficient (Wildman–Crippen LogP) is 3.11. The average Bonchev–Trinajstić information content (AvgIpc) is 3.33. The van der Waals surface area contributed by atoms with E-state index in [1.807, 2.05) is 24.3 Å². The summed E-state index contributed by atoms with van der Waals surface area (Å²) in [7, 11) is 1.79. The number of guanidine groups is 1. The van der Waals surface area contributed by atoms with E-state index in [-0.39, 0.29) is 24.0 Å². The molecular formula is C16H26ClIN4. The maximum absolute atomic E-state index is 6.15. The third-order valence-electron chi connectivity index (χ3n) is 3.79. The summed E-state index contributed by atoms with van der Waals surface area (Å²) in [6.07, 6.45) is 2.71. The van der Waals surface area contributed by atoms with E-state index in [1.165, 1.54) is 12.8 Å². The van der Waals surface area contributed by atoms with Gasteiger partial charge >= 0.3 is 0 Å². The van der Waals surface area contributed by atoms with Crippen LogP contribution in [0.15, 0.2) is 29.3 Å². The molecule has 0 heterocycles. The number of nitrogens with one attached hydrogen (secondary N) is 2. The maximum Gasteiger partial charge on any atom is 0.191 e. The first-order valence-electron chi connectivity index (χ1n) is 7.66. The quantitative estimate of drug-likeness (QED) is 0.392. The lowest BCUT2D eigenvalue weighted by atomic mass is 10.2. The zero-order valence-electron chi connectivity index (χ0n) is 13.3. The third kappa shape index (κ3) is 6.30. The fourth-order valence-electron chi connectivity index (χ4n) is 2.40. The number of nitrogens with zero attached hydrogens (tertiary/aromatic N) is 2. The van der Waals surface area contributed by atoms with Crippen LogP contribution in [0.3, 0.4) is 0 Å². The number of hydrogen-bond donors (Lipinski definition) is 2. The van der Waals surface area contributed by atoms with E-state index in [0.717, 1.165) is 42.2 Å². The molecule has 1 aromatic rings. The zero-order chi connectivity index (χ0) is 15.1. The van der Waals surface area contributed by atoms with Crippen LogP contribution in [-0.2, 0) is 6.54 Å². The van der Waals surface area contributed by atoms with Gasteiger partial charge in [-0.1, -0.05) is 36.7 Å². The van der Waals surface area contributed by atoms with Gasteiger partial charge in [0.15, 0.2) is 5.96 Å². The van der Waals surface area contributed by atoms with Crippen LogP contribution in [0.4, 0.5) is 0 Å². The van der Waals surface area contributed by atoms with E-state index < -0.39 is 0 Å². The largest absolute Gasteiger partial charge is 0.355 e. The van der Waals surface area contributed by atoms with E-state index in [4.69, 9.17) is 11.6 Å². The molecular weight excluding hydrogens is 411 g/mol. The van der Waals surface area contributed by atoms with Gasteiger partial charge in [0.25, 0.3) is 0 Å². The summed E-state index contributed by atoms with van der Waals surface area (Å²) in [6.45, 7) is 6.00. The minimum Gasteiger partial charge on any atom is -0.355 e. The fourth-order valence-corrected chi connectivity index (χ4v) is 2.60. The summed E-state index contributed by atoms with van der Waals surface area (Å²) in [4.78, 5) is 6.77. The zero-order valence-corrected chi connectivity index (χ0v) is 16.4. The molecule has 1 aromatic carbocycles. The maximum atomic E-state index is 6.15. The molecule has 1 aliphatic carbocycles. The summed E-state index contributed by atoms with van der Waals surface area (Å²) in [5, 5.41) is 7.44. The Morgan fingerprint density at radius 2 is 2.05 bits per heavy atom. The topological polar surface area (TPSA) is 39.7 Å². The normalized spacial score (nSPS) is 14.6. The molecule has 2 N–H and O–H groups in total. The van der Waals surface area contributed by atoms with Gasteiger partial charge in [0.1, 0.15) is 0 Å². The van der Waals surface area contributed by atoms with Gasteiger partial charge in [-0.15, -0.1) is 24.0 Å². The predicted molar refractivity (Wildman–Crippen MR) is 105 cm³/mol. The van der Waals surface area contributed by atoms with Gasteiger partial charge in [0, 0.05) is 37.7 Å². The second-order valence-corrected chi connectivity index (χ2v) is 5.71. The molecule has 1 fully saturated rings. The highest BCUT2D eigenvalue weighted by molar-refractivity contribution is 14.0. The smallest absolute Gasteiger partial charge is 0.191 e. The van der Waals surface area contributed by atoms with E-state index >= 15 is 0 Å². The molecule has 0 bridgehead atoms. The van der Waals surface area contributed by atoms with Crippen LogP contribution in [0.1, 0.15) is 25.3 Å². The molecule has 0 amide bonds. The second kappa shape index (κ2) is 10.3. The van der Waals surface area contributed by atoms with Crippen molar-refractivity contribution in [2.45, 2.75) is 32.4 Å². The average molecular weight is 437 g/mol.